The molecule has 20 heavy (non-hydrogen) atoms. The molecular formula is C15H21ClN4. The van der Waals surface area contributed by atoms with Crippen molar-refractivity contribution in [2.75, 3.05) is 0 Å². The molecule has 0 aliphatic rings. The number of nitrogens with one attached hydrogen (secondary N) is 1. The predicted molar refractivity (Wildman–Crippen MR) is 82.6 cm³/mol. The minimum atomic E-state index is 0.116. The van der Waals surface area contributed by atoms with E-state index in [1.807, 2.05) is 41.2 Å². The number of halogens is 1. The van der Waals surface area contributed by atoms with Crippen molar-refractivity contribution in [2.45, 2.75) is 38.8 Å². The Bertz CT molecular complexity index is 550. The van der Waals surface area contributed by atoms with Crippen LogP contribution in [0.3, 0.4) is 0 Å². The molecule has 0 fully saturated rings. The molecule has 1 atom stereocenters. The first-order valence-corrected chi connectivity index (χ1v) is 7.21. The number of nitrogens with zero attached hydrogens (tertiary/aromatic N) is 2. The molecule has 2 aromatic rings. The lowest BCUT2D eigenvalue weighted by molar-refractivity contribution is 0.495. The van der Waals surface area contributed by atoms with Gasteiger partial charge in [0.25, 0.3) is 0 Å². The Morgan fingerprint density at radius 2 is 2.00 bits per heavy atom. The maximum atomic E-state index is 6.19. The lowest BCUT2D eigenvalue weighted by Gasteiger charge is -2.15. The fourth-order valence-corrected chi connectivity index (χ4v) is 2.36. The van der Waals surface area contributed by atoms with Gasteiger partial charge in [-0.05, 0) is 38.0 Å². The molecule has 0 saturated carbocycles. The highest BCUT2D eigenvalue weighted by atomic mass is 35.5. The fraction of sp³-hybridized carbons (Fsp3) is 0.400. The molecule has 1 heterocycles. The molecule has 1 unspecified atom stereocenters. The standard InChI is InChI=1S/C15H21ClN4/c1-11(2)20-8-7-13(19-20)10-14(18-17)9-12-5-3-4-6-15(12)16/h3-8,11,14,18H,9-10,17H2,1-2H3. The van der Waals surface area contributed by atoms with Crippen molar-refractivity contribution in [3.8, 4) is 0 Å². The van der Waals surface area contributed by atoms with E-state index in [4.69, 9.17) is 17.4 Å². The summed E-state index contributed by atoms with van der Waals surface area (Å²) < 4.78 is 1.96. The Hall–Kier alpha value is -1.36. The number of benzene rings is 1. The van der Waals surface area contributed by atoms with E-state index in [1.54, 1.807) is 0 Å². The Balaban J connectivity index is 2.03. The van der Waals surface area contributed by atoms with Gasteiger partial charge in [0, 0.05) is 29.7 Å². The van der Waals surface area contributed by atoms with Crippen molar-refractivity contribution >= 4 is 11.6 Å². The van der Waals surface area contributed by atoms with E-state index in [0.717, 1.165) is 29.1 Å². The first-order valence-electron chi connectivity index (χ1n) is 6.83. The summed E-state index contributed by atoms with van der Waals surface area (Å²) >= 11 is 6.19. The largest absolute Gasteiger partial charge is 0.271 e. The summed E-state index contributed by atoms with van der Waals surface area (Å²) in [6.45, 7) is 4.22. The van der Waals surface area contributed by atoms with Crippen LogP contribution in [0.25, 0.3) is 0 Å². The smallest absolute Gasteiger partial charge is 0.0640 e. The number of hydrogen-bond acceptors (Lipinski definition) is 3. The molecule has 3 N–H and O–H groups in total. The fourth-order valence-electron chi connectivity index (χ4n) is 2.15. The van der Waals surface area contributed by atoms with E-state index >= 15 is 0 Å². The average molecular weight is 293 g/mol. The monoisotopic (exact) mass is 292 g/mol. The first kappa shape index (κ1) is 15.0. The third kappa shape index (κ3) is 3.82. The Labute approximate surface area is 124 Å². The number of hydrogen-bond donors (Lipinski definition) is 2. The van der Waals surface area contributed by atoms with Gasteiger partial charge in [-0.25, -0.2) is 0 Å². The molecule has 2 rings (SSSR count). The number of nitrogens with two attached hydrogens (primary N) is 1. The van der Waals surface area contributed by atoms with E-state index in [0.29, 0.717) is 6.04 Å². The van der Waals surface area contributed by atoms with E-state index in [2.05, 4.69) is 24.4 Å². The van der Waals surface area contributed by atoms with Gasteiger partial charge < -0.3 is 0 Å². The molecule has 108 valence electrons. The van der Waals surface area contributed by atoms with Crippen LogP contribution in [-0.2, 0) is 12.8 Å². The molecular weight excluding hydrogens is 272 g/mol. The summed E-state index contributed by atoms with van der Waals surface area (Å²) in [7, 11) is 0. The minimum absolute atomic E-state index is 0.116. The van der Waals surface area contributed by atoms with Gasteiger partial charge >= 0.3 is 0 Å². The van der Waals surface area contributed by atoms with Crippen LogP contribution in [0.4, 0.5) is 0 Å². The molecule has 4 nitrogen and oxygen atoms in total. The summed E-state index contributed by atoms with van der Waals surface area (Å²) in [4.78, 5) is 0. The van der Waals surface area contributed by atoms with Crippen LogP contribution in [0, 0.1) is 0 Å². The Kier molecular flexibility index (Phi) is 5.17. The molecule has 0 saturated heterocycles. The van der Waals surface area contributed by atoms with E-state index in [1.165, 1.54) is 0 Å². The zero-order valence-electron chi connectivity index (χ0n) is 11.9. The summed E-state index contributed by atoms with van der Waals surface area (Å²) in [5, 5.41) is 5.33. The number of rotatable bonds is 6. The molecule has 1 aromatic heterocycles. The van der Waals surface area contributed by atoms with Crippen molar-refractivity contribution in [3.63, 3.8) is 0 Å². The van der Waals surface area contributed by atoms with Gasteiger partial charge in [-0.1, -0.05) is 29.8 Å². The average Bonchev–Trinajstić information content (AvgIpc) is 2.89. The highest BCUT2D eigenvalue weighted by Crippen LogP contribution is 2.17. The third-order valence-electron chi connectivity index (χ3n) is 3.31. The minimum Gasteiger partial charge on any atom is -0.271 e. The van der Waals surface area contributed by atoms with E-state index < -0.39 is 0 Å². The maximum absolute atomic E-state index is 6.19. The Morgan fingerprint density at radius 3 is 2.60 bits per heavy atom. The predicted octanol–water partition coefficient (Wildman–Crippen LogP) is 2.73. The topological polar surface area (TPSA) is 55.9 Å². The zero-order chi connectivity index (χ0) is 14.5. The number of hydrazine groups is 1. The maximum Gasteiger partial charge on any atom is 0.0640 e. The Morgan fingerprint density at radius 1 is 1.25 bits per heavy atom. The number of aromatic nitrogens is 2. The third-order valence-corrected chi connectivity index (χ3v) is 3.68. The highest BCUT2D eigenvalue weighted by molar-refractivity contribution is 6.31. The van der Waals surface area contributed by atoms with Crippen LogP contribution in [0.15, 0.2) is 36.5 Å². The van der Waals surface area contributed by atoms with Gasteiger partial charge in [-0.3, -0.25) is 16.0 Å². The van der Waals surface area contributed by atoms with E-state index in [-0.39, 0.29) is 6.04 Å². The van der Waals surface area contributed by atoms with E-state index in [9.17, 15) is 0 Å². The molecule has 0 aliphatic carbocycles. The van der Waals surface area contributed by atoms with Crippen LogP contribution in [0.5, 0.6) is 0 Å². The normalized spacial score (nSPS) is 12.8. The van der Waals surface area contributed by atoms with Crippen LogP contribution >= 0.6 is 11.6 Å². The first-order chi connectivity index (χ1) is 9.60. The second-order valence-corrected chi connectivity index (χ2v) is 5.65. The van der Waals surface area contributed by atoms with Crippen LogP contribution in [-0.4, -0.2) is 15.8 Å². The van der Waals surface area contributed by atoms with Gasteiger partial charge in [0.1, 0.15) is 0 Å². The SMILES string of the molecule is CC(C)n1ccc(CC(Cc2ccccc2Cl)NN)n1. The molecule has 1 aromatic carbocycles. The van der Waals surface area contributed by atoms with Gasteiger partial charge in [0.05, 0.1) is 5.69 Å². The van der Waals surface area contributed by atoms with Crippen molar-refractivity contribution < 1.29 is 0 Å². The van der Waals surface area contributed by atoms with Crippen LogP contribution < -0.4 is 11.3 Å². The highest BCUT2D eigenvalue weighted by Gasteiger charge is 2.13. The van der Waals surface area contributed by atoms with Gasteiger partial charge in [-0.15, -0.1) is 0 Å². The quantitative estimate of drug-likeness (QED) is 0.636. The molecule has 0 bridgehead atoms. The summed E-state index contributed by atoms with van der Waals surface area (Å²) in [5.41, 5.74) is 4.99. The zero-order valence-corrected chi connectivity index (χ0v) is 12.6. The summed E-state index contributed by atoms with van der Waals surface area (Å²) in [6.07, 6.45) is 3.56. The van der Waals surface area contributed by atoms with Gasteiger partial charge in [0.15, 0.2) is 0 Å². The lowest BCUT2D eigenvalue weighted by atomic mass is 10.0. The molecule has 0 radical (unpaired) electrons. The second-order valence-electron chi connectivity index (χ2n) is 5.24. The molecule has 5 heteroatoms. The van der Waals surface area contributed by atoms with Gasteiger partial charge in [0.2, 0.25) is 0 Å². The summed E-state index contributed by atoms with van der Waals surface area (Å²) in [6, 6.07) is 10.4. The molecule has 0 aliphatic heterocycles. The van der Waals surface area contributed by atoms with Crippen molar-refractivity contribution in [1.82, 2.24) is 15.2 Å². The van der Waals surface area contributed by atoms with Crippen molar-refractivity contribution in [1.29, 1.82) is 0 Å². The molecule has 0 spiro atoms. The van der Waals surface area contributed by atoms with Crippen LogP contribution in [0.1, 0.15) is 31.1 Å². The molecule has 0 amide bonds. The van der Waals surface area contributed by atoms with Crippen molar-refractivity contribution in [3.05, 3.63) is 52.8 Å². The van der Waals surface area contributed by atoms with Gasteiger partial charge in [-0.2, -0.15) is 5.10 Å². The van der Waals surface area contributed by atoms with Crippen molar-refractivity contribution in [2.24, 2.45) is 5.84 Å². The lowest BCUT2D eigenvalue weighted by Crippen LogP contribution is -2.38. The summed E-state index contributed by atoms with van der Waals surface area (Å²) in [5.74, 6) is 5.66. The second kappa shape index (κ2) is 6.88. The van der Waals surface area contributed by atoms with Crippen LogP contribution in [0.2, 0.25) is 5.02 Å².